The van der Waals surface area contributed by atoms with Gasteiger partial charge in [0.1, 0.15) is 0 Å². The van der Waals surface area contributed by atoms with Crippen LogP contribution in [0.5, 0.6) is 0 Å². The van der Waals surface area contributed by atoms with E-state index in [1.165, 1.54) is 11.8 Å². The van der Waals surface area contributed by atoms with Gasteiger partial charge in [0.2, 0.25) is 5.91 Å². The van der Waals surface area contributed by atoms with Crippen LogP contribution >= 0.6 is 27.7 Å². The third kappa shape index (κ3) is 5.29. The van der Waals surface area contributed by atoms with E-state index in [0.717, 1.165) is 46.4 Å². The maximum atomic E-state index is 12.5. The highest BCUT2D eigenvalue weighted by atomic mass is 79.9. The SMILES string of the molecule is Cc1cc(SCC(=O)Nc2ccccc2NC(=O)N2CCCC2)c(C)cc1Br. The van der Waals surface area contributed by atoms with Gasteiger partial charge in [-0.2, -0.15) is 0 Å². The molecule has 1 aliphatic heterocycles. The maximum Gasteiger partial charge on any atom is 0.321 e. The van der Waals surface area contributed by atoms with E-state index < -0.39 is 0 Å². The van der Waals surface area contributed by atoms with Crippen LogP contribution in [-0.2, 0) is 4.79 Å². The number of para-hydroxylation sites is 2. The van der Waals surface area contributed by atoms with Crippen LogP contribution in [0.15, 0.2) is 45.8 Å². The summed E-state index contributed by atoms with van der Waals surface area (Å²) in [4.78, 5) is 27.7. The van der Waals surface area contributed by atoms with E-state index >= 15 is 0 Å². The largest absolute Gasteiger partial charge is 0.325 e. The number of halogens is 1. The standard InChI is InChI=1S/C21H24BrN3O2S/c1-14-12-19(15(2)11-16(14)22)28-13-20(26)23-17-7-3-4-8-18(17)24-21(27)25-9-5-6-10-25/h3-4,7-8,11-12H,5-6,9-10,13H2,1-2H3,(H,23,26)(H,24,27). The number of anilines is 2. The minimum Gasteiger partial charge on any atom is -0.325 e. The van der Waals surface area contributed by atoms with Gasteiger partial charge in [-0.25, -0.2) is 4.79 Å². The van der Waals surface area contributed by atoms with Crippen molar-refractivity contribution in [3.05, 3.63) is 52.0 Å². The number of thioether (sulfide) groups is 1. The van der Waals surface area contributed by atoms with Crippen molar-refractivity contribution in [3.8, 4) is 0 Å². The first-order chi connectivity index (χ1) is 13.4. The molecule has 2 aromatic carbocycles. The van der Waals surface area contributed by atoms with Gasteiger partial charge in [-0.15, -0.1) is 11.8 Å². The van der Waals surface area contributed by atoms with Crippen LogP contribution in [0.3, 0.4) is 0 Å². The fourth-order valence-corrected chi connectivity index (χ4v) is 4.42. The average Bonchev–Trinajstić information content (AvgIpc) is 3.20. The van der Waals surface area contributed by atoms with Crippen LogP contribution in [0.25, 0.3) is 0 Å². The number of hydrogen-bond donors (Lipinski definition) is 2. The zero-order chi connectivity index (χ0) is 20.1. The lowest BCUT2D eigenvalue weighted by atomic mass is 10.2. The summed E-state index contributed by atoms with van der Waals surface area (Å²) in [6, 6.07) is 11.3. The first kappa shape index (κ1) is 20.7. The van der Waals surface area contributed by atoms with Gasteiger partial charge in [-0.3, -0.25) is 4.79 Å². The van der Waals surface area contributed by atoms with Crippen molar-refractivity contribution >= 4 is 51.0 Å². The second kappa shape index (κ2) is 9.47. The number of nitrogens with zero attached hydrogens (tertiary/aromatic N) is 1. The summed E-state index contributed by atoms with van der Waals surface area (Å²) in [5.41, 5.74) is 3.51. The number of likely N-dealkylation sites (tertiary alicyclic amines) is 1. The number of rotatable bonds is 5. The molecule has 1 saturated heterocycles. The molecule has 5 nitrogen and oxygen atoms in total. The van der Waals surface area contributed by atoms with Gasteiger partial charge < -0.3 is 15.5 Å². The molecule has 3 amide bonds. The zero-order valence-corrected chi connectivity index (χ0v) is 18.5. The fourth-order valence-electron chi connectivity index (χ4n) is 3.06. The minimum atomic E-state index is -0.116. The summed E-state index contributed by atoms with van der Waals surface area (Å²) in [5.74, 6) is 0.198. The van der Waals surface area contributed by atoms with Crippen molar-refractivity contribution in [2.24, 2.45) is 0 Å². The monoisotopic (exact) mass is 461 g/mol. The van der Waals surface area contributed by atoms with Crippen LogP contribution in [0.4, 0.5) is 16.2 Å². The summed E-state index contributed by atoms with van der Waals surface area (Å²) < 4.78 is 1.07. The Kier molecular flexibility index (Phi) is 7.02. The van der Waals surface area contributed by atoms with E-state index in [2.05, 4.69) is 38.7 Å². The molecule has 0 atom stereocenters. The molecule has 0 radical (unpaired) electrons. The summed E-state index contributed by atoms with van der Waals surface area (Å²) in [6.45, 7) is 5.63. The lowest BCUT2D eigenvalue weighted by Crippen LogP contribution is -2.32. The number of hydrogen-bond acceptors (Lipinski definition) is 3. The number of carbonyl (C=O) groups excluding carboxylic acids is 2. The van der Waals surface area contributed by atoms with Crippen molar-refractivity contribution in [3.63, 3.8) is 0 Å². The molecule has 0 bridgehead atoms. The van der Waals surface area contributed by atoms with E-state index in [9.17, 15) is 9.59 Å². The molecule has 2 aromatic rings. The molecular weight excluding hydrogens is 438 g/mol. The minimum absolute atomic E-state index is 0.104. The Labute approximate surface area is 178 Å². The van der Waals surface area contributed by atoms with Gasteiger partial charge in [0.05, 0.1) is 17.1 Å². The Bertz CT molecular complexity index is 882. The molecule has 0 spiro atoms. The molecule has 1 heterocycles. The highest BCUT2D eigenvalue weighted by Gasteiger charge is 2.19. The smallest absolute Gasteiger partial charge is 0.321 e. The molecule has 7 heteroatoms. The summed E-state index contributed by atoms with van der Waals surface area (Å²) in [7, 11) is 0. The Morgan fingerprint density at radius 2 is 1.68 bits per heavy atom. The lowest BCUT2D eigenvalue weighted by Gasteiger charge is -2.18. The van der Waals surface area contributed by atoms with Crippen molar-refractivity contribution in [1.29, 1.82) is 0 Å². The van der Waals surface area contributed by atoms with Crippen LogP contribution in [0.2, 0.25) is 0 Å². The van der Waals surface area contributed by atoms with Gasteiger partial charge >= 0.3 is 6.03 Å². The maximum absolute atomic E-state index is 12.5. The number of aryl methyl sites for hydroxylation is 2. The van der Waals surface area contributed by atoms with Crippen LogP contribution in [-0.4, -0.2) is 35.7 Å². The highest BCUT2D eigenvalue weighted by Crippen LogP contribution is 2.29. The topological polar surface area (TPSA) is 61.4 Å². The van der Waals surface area contributed by atoms with E-state index in [4.69, 9.17) is 0 Å². The molecule has 1 aliphatic rings. The molecular formula is C21H24BrN3O2S. The Balaban J connectivity index is 1.61. The van der Waals surface area contributed by atoms with Crippen molar-refractivity contribution in [1.82, 2.24) is 4.90 Å². The van der Waals surface area contributed by atoms with E-state index in [-0.39, 0.29) is 11.9 Å². The third-order valence-electron chi connectivity index (χ3n) is 4.65. The second-order valence-electron chi connectivity index (χ2n) is 6.87. The van der Waals surface area contributed by atoms with Crippen molar-refractivity contribution in [2.75, 3.05) is 29.5 Å². The molecule has 0 aliphatic carbocycles. The molecule has 0 aromatic heterocycles. The Morgan fingerprint density at radius 1 is 1.04 bits per heavy atom. The van der Waals surface area contributed by atoms with E-state index in [1.54, 1.807) is 17.0 Å². The van der Waals surface area contributed by atoms with Crippen molar-refractivity contribution in [2.45, 2.75) is 31.6 Å². The first-order valence-corrected chi connectivity index (χ1v) is 11.1. The van der Waals surface area contributed by atoms with Crippen LogP contribution in [0.1, 0.15) is 24.0 Å². The predicted octanol–water partition coefficient (Wildman–Crippen LogP) is 5.42. The van der Waals surface area contributed by atoms with Crippen LogP contribution in [0, 0.1) is 13.8 Å². The molecule has 3 rings (SSSR count). The normalized spacial score (nSPS) is 13.5. The Hall–Kier alpha value is -1.99. The first-order valence-electron chi connectivity index (χ1n) is 9.28. The molecule has 0 unspecified atom stereocenters. The lowest BCUT2D eigenvalue weighted by molar-refractivity contribution is -0.113. The summed E-state index contributed by atoms with van der Waals surface area (Å²) >= 11 is 5.04. The number of urea groups is 1. The Morgan fingerprint density at radius 3 is 2.36 bits per heavy atom. The average molecular weight is 462 g/mol. The van der Waals surface area contributed by atoms with Crippen LogP contribution < -0.4 is 10.6 Å². The van der Waals surface area contributed by atoms with Gasteiger partial charge in [-0.05, 0) is 62.1 Å². The zero-order valence-electron chi connectivity index (χ0n) is 16.0. The number of nitrogens with one attached hydrogen (secondary N) is 2. The number of carbonyl (C=O) groups is 2. The molecule has 1 fully saturated rings. The molecule has 0 saturated carbocycles. The predicted molar refractivity (Wildman–Crippen MR) is 119 cm³/mol. The highest BCUT2D eigenvalue weighted by molar-refractivity contribution is 9.10. The van der Waals surface area contributed by atoms with Crippen molar-refractivity contribution < 1.29 is 9.59 Å². The van der Waals surface area contributed by atoms with E-state index in [0.29, 0.717) is 17.1 Å². The van der Waals surface area contributed by atoms with Gasteiger partial charge in [0, 0.05) is 22.5 Å². The summed E-state index contributed by atoms with van der Waals surface area (Å²) in [5, 5.41) is 5.83. The van der Waals surface area contributed by atoms with E-state index in [1.807, 2.05) is 26.0 Å². The quantitative estimate of drug-likeness (QED) is 0.583. The third-order valence-corrected chi connectivity index (χ3v) is 6.66. The number of amides is 3. The molecule has 28 heavy (non-hydrogen) atoms. The second-order valence-corrected chi connectivity index (χ2v) is 8.75. The molecule has 2 N–H and O–H groups in total. The molecule has 148 valence electrons. The van der Waals surface area contributed by atoms with Gasteiger partial charge in [0.15, 0.2) is 0 Å². The summed E-state index contributed by atoms with van der Waals surface area (Å²) in [6.07, 6.45) is 2.08. The van der Waals surface area contributed by atoms with Gasteiger partial charge in [-0.1, -0.05) is 28.1 Å². The van der Waals surface area contributed by atoms with Gasteiger partial charge in [0.25, 0.3) is 0 Å². The number of benzene rings is 2. The fraction of sp³-hybridized carbons (Fsp3) is 0.333.